The van der Waals surface area contributed by atoms with Gasteiger partial charge < -0.3 is 14.8 Å². The van der Waals surface area contributed by atoms with Crippen molar-refractivity contribution in [3.8, 4) is 0 Å². The molecule has 1 heterocycles. The molecule has 1 aromatic carbocycles. The Bertz CT molecular complexity index is 653. The van der Waals surface area contributed by atoms with Crippen LogP contribution in [0, 0.1) is 0 Å². The number of aromatic nitrogens is 2. The molecule has 0 saturated heterocycles. The summed E-state index contributed by atoms with van der Waals surface area (Å²) in [5, 5.41) is 18.5. The molecule has 108 valence electrons. The smallest absolute Gasteiger partial charge is 0.335 e. The fourth-order valence-electron chi connectivity index (χ4n) is 2.29. The van der Waals surface area contributed by atoms with Crippen LogP contribution in [-0.4, -0.2) is 32.3 Å². The summed E-state index contributed by atoms with van der Waals surface area (Å²) < 4.78 is 1.99. The number of carbonyl (C=O) groups is 1. The first kappa shape index (κ1) is 14.5. The maximum absolute atomic E-state index is 11.0. The third kappa shape index (κ3) is 2.41. The number of hydrogen-bond donors (Lipinski definition) is 2. The highest BCUT2D eigenvalue weighted by Crippen LogP contribution is 2.29. The van der Waals surface area contributed by atoms with Gasteiger partial charge in [0.15, 0.2) is 0 Å². The van der Waals surface area contributed by atoms with Crippen molar-refractivity contribution in [2.24, 2.45) is 0 Å². The maximum atomic E-state index is 11.0. The summed E-state index contributed by atoms with van der Waals surface area (Å²) in [5.74, 6) is -0.120. The minimum atomic E-state index is -0.964. The third-order valence-electron chi connectivity index (χ3n) is 3.31. The zero-order valence-electron chi connectivity index (χ0n) is 12.2. The molecular weight excluding hydrogens is 256 g/mol. The number of imidazole rings is 1. The van der Waals surface area contributed by atoms with Gasteiger partial charge in [-0.2, -0.15) is 0 Å². The van der Waals surface area contributed by atoms with Crippen LogP contribution in [0.2, 0.25) is 0 Å². The van der Waals surface area contributed by atoms with Crippen molar-refractivity contribution in [2.75, 3.05) is 6.61 Å². The molecule has 20 heavy (non-hydrogen) atoms. The number of carboxylic acids is 1. The summed E-state index contributed by atoms with van der Waals surface area (Å²) in [6.45, 7) is 8.07. The molecule has 0 bridgehead atoms. The van der Waals surface area contributed by atoms with E-state index in [1.54, 1.807) is 18.2 Å². The van der Waals surface area contributed by atoms with Crippen LogP contribution >= 0.6 is 0 Å². The van der Waals surface area contributed by atoms with Gasteiger partial charge in [-0.25, -0.2) is 9.78 Å². The maximum Gasteiger partial charge on any atom is 0.335 e. The van der Waals surface area contributed by atoms with Crippen LogP contribution in [0.1, 0.15) is 49.9 Å². The Morgan fingerprint density at radius 2 is 2.05 bits per heavy atom. The second-order valence-electron chi connectivity index (χ2n) is 6.10. The second-order valence-corrected chi connectivity index (χ2v) is 6.10. The monoisotopic (exact) mass is 276 g/mol. The molecule has 0 amide bonds. The van der Waals surface area contributed by atoms with Gasteiger partial charge in [0.05, 0.1) is 29.2 Å². The first-order chi connectivity index (χ1) is 9.25. The van der Waals surface area contributed by atoms with Crippen molar-refractivity contribution in [2.45, 2.75) is 39.2 Å². The van der Waals surface area contributed by atoms with Gasteiger partial charge >= 0.3 is 5.97 Å². The molecule has 0 fully saturated rings. The normalized spacial score (nSPS) is 13.7. The van der Waals surface area contributed by atoms with Crippen LogP contribution < -0.4 is 0 Å². The molecule has 0 aliphatic heterocycles. The average molecular weight is 276 g/mol. The standard InChI is InChI=1S/C15H20N2O3/c1-9(8-18)17-12-6-5-10(13(19)20)7-11(12)16-14(17)15(2,3)4/h5-7,9,18H,8H2,1-4H3,(H,19,20). The predicted octanol–water partition coefficient (Wildman–Crippen LogP) is 2.59. The minimum absolute atomic E-state index is 0.00915. The number of aliphatic hydroxyl groups excluding tert-OH is 1. The van der Waals surface area contributed by atoms with Crippen LogP contribution in [0.15, 0.2) is 18.2 Å². The van der Waals surface area contributed by atoms with E-state index < -0.39 is 5.97 Å². The molecule has 2 aromatic rings. The largest absolute Gasteiger partial charge is 0.478 e. The second kappa shape index (κ2) is 4.90. The number of fused-ring (bicyclic) bond motifs is 1. The van der Waals surface area contributed by atoms with E-state index >= 15 is 0 Å². The highest BCUT2D eigenvalue weighted by molar-refractivity contribution is 5.92. The fourth-order valence-corrected chi connectivity index (χ4v) is 2.29. The predicted molar refractivity (Wildman–Crippen MR) is 77.2 cm³/mol. The Hall–Kier alpha value is -1.88. The lowest BCUT2D eigenvalue weighted by Crippen LogP contribution is -2.22. The SMILES string of the molecule is CC(CO)n1c(C(C)(C)C)nc2cc(C(=O)O)ccc21. The Morgan fingerprint density at radius 3 is 2.55 bits per heavy atom. The van der Waals surface area contributed by atoms with Crippen molar-refractivity contribution < 1.29 is 15.0 Å². The Balaban J connectivity index is 2.75. The van der Waals surface area contributed by atoms with E-state index in [1.165, 1.54) is 0 Å². The molecule has 0 aliphatic carbocycles. The number of carboxylic acid groups (broad SMARTS) is 1. The fraction of sp³-hybridized carbons (Fsp3) is 0.467. The minimum Gasteiger partial charge on any atom is -0.478 e. The van der Waals surface area contributed by atoms with Crippen LogP contribution in [0.4, 0.5) is 0 Å². The van der Waals surface area contributed by atoms with Gasteiger partial charge in [0.1, 0.15) is 5.82 Å². The summed E-state index contributed by atoms with van der Waals surface area (Å²) in [5.41, 5.74) is 1.53. The van der Waals surface area contributed by atoms with Crippen molar-refractivity contribution in [3.05, 3.63) is 29.6 Å². The molecule has 5 nitrogen and oxygen atoms in total. The number of aromatic carboxylic acids is 1. The van der Waals surface area contributed by atoms with Crippen LogP contribution in [-0.2, 0) is 5.41 Å². The molecule has 5 heteroatoms. The van der Waals surface area contributed by atoms with Gasteiger partial charge in [0.2, 0.25) is 0 Å². The number of nitrogens with zero attached hydrogens (tertiary/aromatic N) is 2. The van der Waals surface area contributed by atoms with Gasteiger partial charge in [-0.3, -0.25) is 0 Å². The highest BCUT2D eigenvalue weighted by atomic mass is 16.4. The van der Waals surface area contributed by atoms with Gasteiger partial charge in [-0.1, -0.05) is 20.8 Å². The number of rotatable bonds is 3. The molecule has 0 aliphatic rings. The first-order valence-corrected chi connectivity index (χ1v) is 6.62. The molecular formula is C15H20N2O3. The highest BCUT2D eigenvalue weighted by Gasteiger charge is 2.25. The van der Waals surface area contributed by atoms with E-state index in [9.17, 15) is 9.90 Å². The molecule has 0 saturated carbocycles. The molecule has 1 unspecified atom stereocenters. The summed E-state index contributed by atoms with van der Waals surface area (Å²) in [6.07, 6.45) is 0. The van der Waals surface area contributed by atoms with Gasteiger partial charge in [0.25, 0.3) is 0 Å². The molecule has 2 N–H and O–H groups in total. The van der Waals surface area contributed by atoms with Gasteiger partial charge in [0, 0.05) is 5.41 Å². The molecule has 2 rings (SSSR count). The van der Waals surface area contributed by atoms with Crippen molar-refractivity contribution >= 4 is 17.0 Å². The van der Waals surface area contributed by atoms with E-state index in [2.05, 4.69) is 4.98 Å². The summed E-state index contributed by atoms with van der Waals surface area (Å²) in [6, 6.07) is 4.80. The van der Waals surface area contributed by atoms with E-state index in [0.717, 1.165) is 11.3 Å². The topological polar surface area (TPSA) is 75.3 Å². The van der Waals surface area contributed by atoms with E-state index in [4.69, 9.17) is 5.11 Å². The zero-order valence-corrected chi connectivity index (χ0v) is 12.2. The molecule has 1 atom stereocenters. The van der Waals surface area contributed by atoms with E-state index in [0.29, 0.717) is 5.52 Å². The summed E-state index contributed by atoms with van der Waals surface area (Å²) in [4.78, 5) is 15.6. The van der Waals surface area contributed by atoms with Crippen molar-refractivity contribution in [3.63, 3.8) is 0 Å². The summed E-state index contributed by atoms with van der Waals surface area (Å²) in [7, 11) is 0. The van der Waals surface area contributed by atoms with E-state index in [1.807, 2.05) is 32.3 Å². The lowest BCUT2D eigenvalue weighted by molar-refractivity contribution is 0.0697. The first-order valence-electron chi connectivity index (χ1n) is 6.62. The number of aliphatic hydroxyl groups is 1. The number of benzene rings is 1. The Morgan fingerprint density at radius 1 is 1.40 bits per heavy atom. The zero-order chi connectivity index (χ0) is 15.1. The lowest BCUT2D eigenvalue weighted by atomic mass is 9.95. The molecule has 0 spiro atoms. The Labute approximate surface area is 117 Å². The van der Waals surface area contributed by atoms with Crippen molar-refractivity contribution in [1.82, 2.24) is 9.55 Å². The van der Waals surface area contributed by atoms with Crippen LogP contribution in [0.5, 0.6) is 0 Å². The Kier molecular flexibility index (Phi) is 3.56. The average Bonchev–Trinajstić information content (AvgIpc) is 2.75. The van der Waals surface area contributed by atoms with Crippen LogP contribution in [0.25, 0.3) is 11.0 Å². The van der Waals surface area contributed by atoms with Crippen molar-refractivity contribution in [1.29, 1.82) is 0 Å². The lowest BCUT2D eigenvalue weighted by Gasteiger charge is -2.23. The third-order valence-corrected chi connectivity index (χ3v) is 3.31. The van der Waals surface area contributed by atoms with Gasteiger partial charge in [-0.15, -0.1) is 0 Å². The quantitative estimate of drug-likeness (QED) is 0.903. The molecule has 0 radical (unpaired) electrons. The van der Waals surface area contributed by atoms with E-state index in [-0.39, 0.29) is 23.6 Å². The summed E-state index contributed by atoms with van der Waals surface area (Å²) >= 11 is 0. The van der Waals surface area contributed by atoms with Crippen LogP contribution in [0.3, 0.4) is 0 Å². The number of hydrogen-bond acceptors (Lipinski definition) is 3. The van der Waals surface area contributed by atoms with Gasteiger partial charge in [-0.05, 0) is 25.1 Å². The molecule has 1 aromatic heterocycles.